The Hall–Kier alpha value is -2.16. The van der Waals surface area contributed by atoms with Crippen LogP contribution in [0, 0.1) is 18.8 Å². The number of carbonyl (C=O) groups is 1. The molecule has 2 saturated heterocycles. The smallest absolute Gasteiger partial charge is 0.317 e. The minimum Gasteiger partial charge on any atom is -0.357 e. The molecular weight excluding hydrogens is 382 g/mol. The van der Waals surface area contributed by atoms with Gasteiger partial charge < -0.3 is 25.6 Å². The summed E-state index contributed by atoms with van der Waals surface area (Å²) in [7, 11) is 1.80. The number of nitrogens with one attached hydrogen (secondary N) is 3. The third-order valence-electron chi connectivity index (χ3n) is 6.55. The molecule has 2 bridgehead atoms. The predicted molar refractivity (Wildman–Crippen MR) is 115 cm³/mol. The lowest BCUT2D eigenvalue weighted by Gasteiger charge is -2.47. The lowest BCUT2D eigenvalue weighted by atomic mass is 9.75. The molecule has 1 aliphatic carbocycles. The summed E-state index contributed by atoms with van der Waals surface area (Å²) >= 11 is 0. The Morgan fingerprint density at radius 3 is 2.63 bits per heavy atom. The number of piperidine rings is 1. The fraction of sp³-hybridized carbons (Fsp3) is 0.810. The normalized spacial score (nSPS) is 31.9. The molecule has 0 aromatic carbocycles. The van der Waals surface area contributed by atoms with Gasteiger partial charge in [0.25, 0.3) is 0 Å². The summed E-state index contributed by atoms with van der Waals surface area (Å²) in [6.45, 7) is 7.79. The number of ether oxygens (including phenoxy) is 1. The van der Waals surface area contributed by atoms with E-state index in [1.165, 1.54) is 6.42 Å². The number of fused-ring (bicyclic) bond motifs is 2. The second-order valence-electron chi connectivity index (χ2n) is 9.47. The van der Waals surface area contributed by atoms with E-state index < -0.39 is 5.72 Å². The van der Waals surface area contributed by atoms with Gasteiger partial charge in [-0.1, -0.05) is 6.92 Å². The summed E-state index contributed by atoms with van der Waals surface area (Å²) in [4.78, 5) is 28.0. The highest BCUT2D eigenvalue weighted by molar-refractivity contribution is 5.75. The van der Waals surface area contributed by atoms with Crippen molar-refractivity contribution in [2.24, 2.45) is 11.8 Å². The number of urea groups is 1. The molecule has 1 saturated carbocycles. The summed E-state index contributed by atoms with van der Waals surface area (Å²) in [6.07, 6.45) is 6.34. The number of rotatable bonds is 4. The molecule has 3 aliphatic rings. The zero-order valence-electron chi connectivity index (χ0n) is 18.6. The van der Waals surface area contributed by atoms with Crippen molar-refractivity contribution >= 4 is 17.9 Å². The second kappa shape index (κ2) is 8.53. The van der Waals surface area contributed by atoms with Gasteiger partial charge in [-0.05, 0) is 64.2 Å². The number of anilines is 2. The van der Waals surface area contributed by atoms with Crippen LogP contribution in [0.1, 0.15) is 58.2 Å². The van der Waals surface area contributed by atoms with Crippen LogP contribution in [0.3, 0.4) is 0 Å². The van der Waals surface area contributed by atoms with Gasteiger partial charge in [-0.3, -0.25) is 0 Å². The fourth-order valence-electron chi connectivity index (χ4n) is 5.39. The van der Waals surface area contributed by atoms with Crippen molar-refractivity contribution in [3.05, 3.63) is 5.82 Å². The first-order chi connectivity index (χ1) is 14.3. The highest BCUT2D eigenvalue weighted by Gasteiger charge is 2.42. The number of carbonyl (C=O) groups excluding carboxylic acids is 1. The second-order valence-corrected chi connectivity index (χ2v) is 9.47. The van der Waals surface area contributed by atoms with E-state index in [1.54, 1.807) is 7.05 Å². The third-order valence-corrected chi connectivity index (χ3v) is 6.55. The molecule has 30 heavy (non-hydrogen) atoms. The Balaban J connectivity index is 1.27. The molecule has 3 N–H and O–H groups in total. The number of amides is 2. The van der Waals surface area contributed by atoms with E-state index in [-0.39, 0.29) is 18.2 Å². The van der Waals surface area contributed by atoms with Gasteiger partial charge in [0.1, 0.15) is 11.5 Å². The first-order valence-electron chi connectivity index (χ1n) is 11.2. The van der Waals surface area contributed by atoms with Crippen LogP contribution in [0.2, 0.25) is 0 Å². The Bertz CT molecular complexity index is 748. The molecule has 166 valence electrons. The van der Waals surface area contributed by atoms with Crippen molar-refractivity contribution in [3.63, 3.8) is 0 Å². The van der Waals surface area contributed by atoms with E-state index >= 15 is 0 Å². The molecule has 9 heteroatoms. The van der Waals surface area contributed by atoms with E-state index in [0.29, 0.717) is 23.6 Å². The SMILES string of the molecule is CNc1nc(C)nc(N2CCC(NC(=O)NC3(C)CC4CC(C)CC(C4)O3)CC2)n1. The zero-order chi connectivity index (χ0) is 21.3. The van der Waals surface area contributed by atoms with Crippen molar-refractivity contribution in [1.29, 1.82) is 0 Å². The maximum atomic E-state index is 12.7. The Morgan fingerprint density at radius 2 is 1.93 bits per heavy atom. The summed E-state index contributed by atoms with van der Waals surface area (Å²) in [5.74, 6) is 3.33. The van der Waals surface area contributed by atoms with Gasteiger partial charge in [-0.25, -0.2) is 4.79 Å². The van der Waals surface area contributed by atoms with Crippen LogP contribution in [0.5, 0.6) is 0 Å². The van der Waals surface area contributed by atoms with Gasteiger partial charge in [0, 0.05) is 26.2 Å². The maximum absolute atomic E-state index is 12.7. The van der Waals surface area contributed by atoms with Crippen molar-refractivity contribution in [2.45, 2.75) is 77.2 Å². The van der Waals surface area contributed by atoms with Gasteiger partial charge in [0.2, 0.25) is 11.9 Å². The van der Waals surface area contributed by atoms with Gasteiger partial charge in [0.15, 0.2) is 0 Å². The minimum atomic E-state index is -0.565. The number of aromatic nitrogens is 3. The quantitative estimate of drug-likeness (QED) is 0.691. The van der Waals surface area contributed by atoms with E-state index in [9.17, 15) is 4.79 Å². The van der Waals surface area contributed by atoms with Crippen LogP contribution in [-0.2, 0) is 4.74 Å². The van der Waals surface area contributed by atoms with E-state index in [0.717, 1.165) is 51.1 Å². The largest absolute Gasteiger partial charge is 0.357 e. The van der Waals surface area contributed by atoms with Gasteiger partial charge in [0.05, 0.1) is 6.10 Å². The van der Waals surface area contributed by atoms with Crippen LogP contribution in [0.4, 0.5) is 16.7 Å². The minimum absolute atomic E-state index is 0.127. The molecule has 0 spiro atoms. The molecular formula is C21H35N7O2. The molecule has 3 heterocycles. The summed E-state index contributed by atoms with van der Waals surface area (Å²) in [6, 6.07) is 0.0112. The van der Waals surface area contributed by atoms with Crippen molar-refractivity contribution < 1.29 is 9.53 Å². The zero-order valence-corrected chi connectivity index (χ0v) is 18.6. The van der Waals surface area contributed by atoms with Crippen molar-refractivity contribution in [2.75, 3.05) is 30.4 Å². The number of hydrogen-bond donors (Lipinski definition) is 3. The van der Waals surface area contributed by atoms with Crippen LogP contribution >= 0.6 is 0 Å². The van der Waals surface area contributed by atoms with Crippen LogP contribution < -0.4 is 20.9 Å². The lowest BCUT2D eigenvalue weighted by molar-refractivity contribution is -0.168. The number of nitrogens with zero attached hydrogens (tertiary/aromatic N) is 4. The van der Waals surface area contributed by atoms with Crippen LogP contribution in [-0.4, -0.2) is 59.0 Å². The molecule has 4 unspecified atom stereocenters. The van der Waals surface area contributed by atoms with E-state index in [2.05, 4.69) is 42.7 Å². The first-order valence-corrected chi connectivity index (χ1v) is 11.2. The van der Waals surface area contributed by atoms with Gasteiger partial charge in [-0.15, -0.1) is 0 Å². The molecule has 0 radical (unpaired) electrons. The Morgan fingerprint density at radius 1 is 1.17 bits per heavy atom. The topological polar surface area (TPSA) is 104 Å². The molecule has 9 nitrogen and oxygen atoms in total. The monoisotopic (exact) mass is 417 g/mol. The Kier molecular flexibility index (Phi) is 5.99. The lowest BCUT2D eigenvalue weighted by Crippen LogP contribution is -2.59. The highest BCUT2D eigenvalue weighted by Crippen LogP contribution is 2.41. The molecule has 1 aromatic rings. The standard InChI is InChI=1S/C21H35N7O2/c1-13-9-15-11-17(10-13)30-21(3,12-15)27-20(29)25-16-5-7-28(8-6-16)19-24-14(2)23-18(22-4)26-19/h13,15-17H,5-12H2,1-4H3,(H2,25,27,29)(H,22,23,24,26). The summed E-state index contributed by atoms with van der Waals surface area (Å²) in [5, 5.41) is 9.25. The van der Waals surface area contributed by atoms with Crippen LogP contribution in [0.25, 0.3) is 0 Å². The molecule has 2 amide bonds. The fourth-order valence-corrected chi connectivity index (χ4v) is 5.39. The average Bonchev–Trinajstić information content (AvgIpc) is 2.66. The highest BCUT2D eigenvalue weighted by atomic mass is 16.5. The van der Waals surface area contributed by atoms with E-state index in [1.807, 2.05) is 13.8 Å². The van der Waals surface area contributed by atoms with Gasteiger partial charge in [-0.2, -0.15) is 15.0 Å². The number of aryl methyl sites for hydroxylation is 1. The number of hydrogen-bond acceptors (Lipinski definition) is 7. The average molecular weight is 418 g/mol. The molecule has 4 rings (SSSR count). The predicted octanol–water partition coefficient (Wildman–Crippen LogP) is 2.43. The summed E-state index contributed by atoms with van der Waals surface area (Å²) in [5.41, 5.74) is -0.565. The van der Waals surface area contributed by atoms with Crippen LogP contribution in [0.15, 0.2) is 0 Å². The van der Waals surface area contributed by atoms with Crippen molar-refractivity contribution in [3.8, 4) is 0 Å². The summed E-state index contributed by atoms with van der Waals surface area (Å²) < 4.78 is 6.27. The molecule has 3 fully saturated rings. The third kappa shape index (κ3) is 4.94. The van der Waals surface area contributed by atoms with E-state index in [4.69, 9.17) is 4.74 Å². The molecule has 4 atom stereocenters. The van der Waals surface area contributed by atoms with Crippen molar-refractivity contribution in [1.82, 2.24) is 25.6 Å². The Labute approximate surface area is 178 Å². The first kappa shape index (κ1) is 21.1. The molecule has 1 aromatic heterocycles. The maximum Gasteiger partial charge on any atom is 0.317 e. The van der Waals surface area contributed by atoms with Gasteiger partial charge >= 0.3 is 6.03 Å². The molecule has 2 aliphatic heterocycles.